The zero-order chi connectivity index (χ0) is 14.5. The van der Waals surface area contributed by atoms with Crippen LogP contribution in [0.3, 0.4) is 0 Å². The average molecular weight is 271 g/mol. The zero-order valence-electron chi connectivity index (χ0n) is 12.5. The predicted octanol–water partition coefficient (Wildman–Crippen LogP) is 3.45. The standard InChI is InChI=1S/C16H21N3O/c1-5-6-13-10-15(17-3)19-16(18-13)12-7-8-14(20-4)11(2)9-12/h7-10H,5-6H2,1-4H3,(H,17,18,19). The Labute approximate surface area is 120 Å². The molecule has 1 aromatic carbocycles. The van der Waals surface area contributed by atoms with Crippen LogP contribution in [0.1, 0.15) is 24.6 Å². The molecule has 2 aromatic rings. The van der Waals surface area contributed by atoms with Crippen LogP contribution in [0.25, 0.3) is 11.4 Å². The van der Waals surface area contributed by atoms with Crippen LogP contribution in [0.4, 0.5) is 5.82 Å². The smallest absolute Gasteiger partial charge is 0.161 e. The molecule has 0 aliphatic rings. The second kappa shape index (κ2) is 6.37. The number of hydrogen-bond donors (Lipinski definition) is 1. The highest BCUT2D eigenvalue weighted by Gasteiger charge is 2.08. The summed E-state index contributed by atoms with van der Waals surface area (Å²) in [5.41, 5.74) is 3.16. The maximum atomic E-state index is 5.29. The van der Waals surface area contributed by atoms with Gasteiger partial charge in [-0.25, -0.2) is 9.97 Å². The molecule has 0 aliphatic carbocycles. The molecule has 4 heteroatoms. The molecule has 0 spiro atoms. The van der Waals surface area contributed by atoms with Crippen molar-refractivity contribution in [3.63, 3.8) is 0 Å². The van der Waals surface area contributed by atoms with Gasteiger partial charge in [0.25, 0.3) is 0 Å². The van der Waals surface area contributed by atoms with Crippen molar-refractivity contribution in [2.45, 2.75) is 26.7 Å². The van der Waals surface area contributed by atoms with E-state index in [1.54, 1.807) is 7.11 Å². The number of anilines is 1. The molecule has 0 bridgehead atoms. The van der Waals surface area contributed by atoms with E-state index < -0.39 is 0 Å². The molecule has 0 fully saturated rings. The molecule has 1 heterocycles. The van der Waals surface area contributed by atoms with Crippen LogP contribution in [0.2, 0.25) is 0 Å². The van der Waals surface area contributed by atoms with Crippen molar-refractivity contribution in [3.05, 3.63) is 35.5 Å². The summed E-state index contributed by atoms with van der Waals surface area (Å²) >= 11 is 0. The Bertz CT molecular complexity index is 596. The van der Waals surface area contributed by atoms with E-state index in [0.717, 1.165) is 47.1 Å². The fraction of sp³-hybridized carbons (Fsp3) is 0.375. The molecule has 106 valence electrons. The quantitative estimate of drug-likeness (QED) is 0.904. The maximum Gasteiger partial charge on any atom is 0.161 e. The van der Waals surface area contributed by atoms with Crippen LogP contribution in [0.5, 0.6) is 5.75 Å². The normalized spacial score (nSPS) is 10.4. The Morgan fingerprint density at radius 2 is 2.00 bits per heavy atom. The summed E-state index contributed by atoms with van der Waals surface area (Å²) in [5.74, 6) is 2.49. The fourth-order valence-corrected chi connectivity index (χ4v) is 2.16. The van der Waals surface area contributed by atoms with Crippen molar-refractivity contribution < 1.29 is 4.74 Å². The number of methoxy groups -OCH3 is 1. The average Bonchev–Trinajstić information content (AvgIpc) is 2.47. The molecule has 0 amide bonds. The summed E-state index contributed by atoms with van der Waals surface area (Å²) < 4.78 is 5.29. The third kappa shape index (κ3) is 3.07. The third-order valence-corrected chi connectivity index (χ3v) is 3.19. The highest BCUT2D eigenvalue weighted by atomic mass is 16.5. The van der Waals surface area contributed by atoms with E-state index in [-0.39, 0.29) is 0 Å². The van der Waals surface area contributed by atoms with Gasteiger partial charge >= 0.3 is 0 Å². The molecule has 20 heavy (non-hydrogen) atoms. The van der Waals surface area contributed by atoms with Crippen LogP contribution in [-0.4, -0.2) is 24.1 Å². The zero-order valence-corrected chi connectivity index (χ0v) is 12.5. The van der Waals surface area contributed by atoms with Gasteiger partial charge in [0, 0.05) is 24.4 Å². The molecule has 0 aliphatic heterocycles. The predicted molar refractivity (Wildman–Crippen MR) is 82.3 cm³/mol. The van der Waals surface area contributed by atoms with Gasteiger partial charge in [0.15, 0.2) is 5.82 Å². The number of benzene rings is 1. The molecule has 0 saturated heterocycles. The second-order valence-electron chi connectivity index (χ2n) is 4.75. The summed E-state index contributed by atoms with van der Waals surface area (Å²) in [5, 5.41) is 3.10. The van der Waals surface area contributed by atoms with Crippen molar-refractivity contribution in [3.8, 4) is 17.1 Å². The van der Waals surface area contributed by atoms with Gasteiger partial charge in [0.1, 0.15) is 11.6 Å². The van der Waals surface area contributed by atoms with Gasteiger partial charge in [0.05, 0.1) is 7.11 Å². The lowest BCUT2D eigenvalue weighted by atomic mass is 10.1. The fourth-order valence-electron chi connectivity index (χ4n) is 2.16. The number of rotatable bonds is 5. The van der Waals surface area contributed by atoms with Gasteiger partial charge in [-0.05, 0) is 37.1 Å². The molecule has 0 atom stereocenters. The van der Waals surface area contributed by atoms with Crippen LogP contribution in [0.15, 0.2) is 24.3 Å². The number of hydrogen-bond acceptors (Lipinski definition) is 4. The minimum Gasteiger partial charge on any atom is -0.496 e. The van der Waals surface area contributed by atoms with Gasteiger partial charge in [-0.2, -0.15) is 0 Å². The SMILES string of the molecule is CCCc1cc(NC)nc(-c2ccc(OC)c(C)c2)n1. The monoisotopic (exact) mass is 271 g/mol. The lowest BCUT2D eigenvalue weighted by molar-refractivity contribution is 0.412. The van der Waals surface area contributed by atoms with Crippen molar-refractivity contribution in [1.82, 2.24) is 9.97 Å². The number of nitrogens with zero attached hydrogens (tertiary/aromatic N) is 2. The van der Waals surface area contributed by atoms with Crippen molar-refractivity contribution in [1.29, 1.82) is 0 Å². The third-order valence-electron chi connectivity index (χ3n) is 3.19. The first-order valence-corrected chi connectivity index (χ1v) is 6.88. The van der Waals surface area contributed by atoms with E-state index in [1.165, 1.54) is 0 Å². The lowest BCUT2D eigenvalue weighted by Crippen LogP contribution is -2.01. The van der Waals surface area contributed by atoms with Gasteiger partial charge in [0.2, 0.25) is 0 Å². The number of nitrogens with one attached hydrogen (secondary N) is 1. The van der Waals surface area contributed by atoms with Crippen LogP contribution in [0, 0.1) is 6.92 Å². The number of aromatic nitrogens is 2. The van der Waals surface area contributed by atoms with Gasteiger partial charge in [-0.15, -0.1) is 0 Å². The molecule has 1 N–H and O–H groups in total. The topological polar surface area (TPSA) is 47.0 Å². The van der Waals surface area contributed by atoms with Crippen molar-refractivity contribution in [2.24, 2.45) is 0 Å². The molecular weight excluding hydrogens is 250 g/mol. The Kier molecular flexibility index (Phi) is 4.56. The van der Waals surface area contributed by atoms with Crippen molar-refractivity contribution >= 4 is 5.82 Å². The molecule has 0 unspecified atom stereocenters. The molecule has 0 radical (unpaired) electrons. The summed E-state index contributed by atoms with van der Waals surface area (Å²) in [6.45, 7) is 4.18. The van der Waals surface area contributed by atoms with E-state index in [1.807, 2.05) is 32.2 Å². The first-order valence-electron chi connectivity index (χ1n) is 6.88. The van der Waals surface area contributed by atoms with Gasteiger partial charge in [-0.3, -0.25) is 0 Å². The van der Waals surface area contributed by atoms with Gasteiger partial charge in [-0.1, -0.05) is 13.3 Å². The molecule has 4 nitrogen and oxygen atoms in total. The minimum absolute atomic E-state index is 0.756. The highest BCUT2D eigenvalue weighted by Crippen LogP contribution is 2.25. The lowest BCUT2D eigenvalue weighted by Gasteiger charge is -2.09. The summed E-state index contributed by atoms with van der Waals surface area (Å²) in [7, 11) is 3.56. The van der Waals surface area contributed by atoms with Crippen LogP contribution >= 0.6 is 0 Å². The summed E-state index contributed by atoms with van der Waals surface area (Å²) in [6.07, 6.45) is 2.03. The van der Waals surface area contributed by atoms with E-state index in [4.69, 9.17) is 4.74 Å². The number of ether oxygens (including phenoxy) is 1. The maximum absolute atomic E-state index is 5.29. The Morgan fingerprint density at radius 3 is 2.60 bits per heavy atom. The Hall–Kier alpha value is -2.10. The first kappa shape index (κ1) is 14.3. The van der Waals surface area contributed by atoms with E-state index in [9.17, 15) is 0 Å². The van der Waals surface area contributed by atoms with Gasteiger partial charge < -0.3 is 10.1 Å². The van der Waals surface area contributed by atoms with Crippen LogP contribution in [-0.2, 0) is 6.42 Å². The molecule has 2 rings (SSSR count). The molecule has 0 saturated carbocycles. The summed E-state index contributed by atoms with van der Waals surface area (Å²) in [4.78, 5) is 9.18. The summed E-state index contributed by atoms with van der Waals surface area (Å²) in [6, 6.07) is 8.02. The molecule has 1 aromatic heterocycles. The largest absolute Gasteiger partial charge is 0.496 e. The minimum atomic E-state index is 0.756. The Morgan fingerprint density at radius 1 is 1.20 bits per heavy atom. The second-order valence-corrected chi connectivity index (χ2v) is 4.75. The van der Waals surface area contributed by atoms with Crippen LogP contribution < -0.4 is 10.1 Å². The van der Waals surface area contributed by atoms with E-state index >= 15 is 0 Å². The Balaban J connectivity index is 2.45. The highest BCUT2D eigenvalue weighted by molar-refractivity contribution is 5.60. The van der Waals surface area contributed by atoms with E-state index in [2.05, 4.69) is 28.3 Å². The number of aryl methyl sites for hydroxylation is 2. The van der Waals surface area contributed by atoms with E-state index in [0.29, 0.717) is 0 Å². The van der Waals surface area contributed by atoms with Crippen molar-refractivity contribution in [2.75, 3.05) is 19.5 Å². The first-order chi connectivity index (χ1) is 9.67. The molecular formula is C16H21N3O.